The Morgan fingerprint density at radius 3 is 2.93 bits per heavy atom. The lowest BCUT2D eigenvalue weighted by Crippen LogP contribution is -2.12. The van der Waals surface area contributed by atoms with Gasteiger partial charge in [0.2, 0.25) is 0 Å². The molecule has 0 aliphatic heterocycles. The van der Waals surface area contributed by atoms with E-state index in [2.05, 4.69) is 34.1 Å². The number of rotatable bonds is 0. The Morgan fingerprint density at radius 1 is 1.14 bits per heavy atom. The fourth-order valence-corrected chi connectivity index (χ4v) is 3.67. The second kappa shape index (κ2) is 3.37. The highest BCUT2D eigenvalue weighted by Crippen LogP contribution is 2.46. The van der Waals surface area contributed by atoms with E-state index in [4.69, 9.17) is 0 Å². The summed E-state index contributed by atoms with van der Waals surface area (Å²) < 4.78 is 1.25. The van der Waals surface area contributed by atoms with Crippen LogP contribution in [0.3, 0.4) is 0 Å². The molecule has 0 nitrogen and oxygen atoms in total. The van der Waals surface area contributed by atoms with E-state index in [9.17, 15) is 0 Å². The van der Waals surface area contributed by atoms with Crippen LogP contribution in [-0.4, -0.2) is 0 Å². The molecule has 1 aromatic carbocycles. The summed E-state index contributed by atoms with van der Waals surface area (Å²) in [5, 5.41) is 0. The van der Waals surface area contributed by atoms with Crippen molar-refractivity contribution in [1.29, 1.82) is 0 Å². The van der Waals surface area contributed by atoms with Crippen LogP contribution < -0.4 is 0 Å². The predicted molar refractivity (Wildman–Crippen MR) is 62.5 cm³/mol. The van der Waals surface area contributed by atoms with E-state index >= 15 is 0 Å². The van der Waals surface area contributed by atoms with Gasteiger partial charge in [-0.3, -0.25) is 0 Å². The van der Waals surface area contributed by atoms with Gasteiger partial charge < -0.3 is 0 Å². The topological polar surface area (TPSA) is 0 Å². The Kier molecular flexibility index (Phi) is 2.16. The van der Waals surface area contributed by atoms with Crippen molar-refractivity contribution in [2.24, 2.45) is 5.92 Å². The van der Waals surface area contributed by atoms with Gasteiger partial charge in [-0.1, -0.05) is 34.8 Å². The molecule has 0 amide bonds. The lowest BCUT2D eigenvalue weighted by Gasteiger charge is -2.25. The van der Waals surface area contributed by atoms with Crippen LogP contribution in [0.2, 0.25) is 0 Å². The van der Waals surface area contributed by atoms with Crippen molar-refractivity contribution in [3.63, 3.8) is 0 Å². The molecule has 2 aliphatic rings. The molecule has 14 heavy (non-hydrogen) atoms. The molecular formula is C13H15Br. The quantitative estimate of drug-likeness (QED) is 0.645. The van der Waals surface area contributed by atoms with Crippen LogP contribution in [0.1, 0.15) is 42.7 Å². The maximum atomic E-state index is 3.56. The highest BCUT2D eigenvalue weighted by atomic mass is 79.9. The molecule has 0 heterocycles. The van der Waals surface area contributed by atoms with Gasteiger partial charge in [0, 0.05) is 4.47 Å². The van der Waals surface area contributed by atoms with Gasteiger partial charge in [-0.25, -0.2) is 0 Å². The Labute approximate surface area is 93.8 Å². The summed E-state index contributed by atoms with van der Waals surface area (Å²) in [6.07, 6.45) is 7.11. The average Bonchev–Trinajstić information content (AvgIpc) is 2.54. The normalized spacial score (nSPS) is 29.8. The summed E-state index contributed by atoms with van der Waals surface area (Å²) >= 11 is 3.56. The van der Waals surface area contributed by atoms with E-state index in [0.717, 1.165) is 11.8 Å². The first kappa shape index (κ1) is 8.96. The minimum absolute atomic E-state index is 0.895. The van der Waals surface area contributed by atoms with Crippen molar-refractivity contribution in [3.8, 4) is 0 Å². The third-order valence-electron chi connectivity index (χ3n) is 3.90. The second-order valence-corrected chi connectivity index (χ2v) is 5.61. The first-order valence-corrected chi connectivity index (χ1v) is 6.42. The zero-order valence-electron chi connectivity index (χ0n) is 8.30. The van der Waals surface area contributed by atoms with Gasteiger partial charge in [0.1, 0.15) is 0 Å². The molecule has 0 aromatic heterocycles. The molecule has 0 unspecified atom stereocenters. The maximum Gasteiger partial charge on any atom is 0.0178 e. The van der Waals surface area contributed by atoms with E-state index in [1.165, 1.54) is 36.6 Å². The van der Waals surface area contributed by atoms with Crippen molar-refractivity contribution in [3.05, 3.63) is 33.8 Å². The van der Waals surface area contributed by atoms with Crippen LogP contribution in [0, 0.1) is 5.92 Å². The molecule has 74 valence electrons. The van der Waals surface area contributed by atoms with Crippen LogP contribution in [0.4, 0.5) is 0 Å². The number of hydrogen-bond acceptors (Lipinski definition) is 0. The molecule has 2 aliphatic carbocycles. The van der Waals surface area contributed by atoms with Gasteiger partial charge >= 0.3 is 0 Å². The molecule has 0 N–H and O–H groups in total. The van der Waals surface area contributed by atoms with Gasteiger partial charge in [-0.2, -0.15) is 0 Å². The third-order valence-corrected chi connectivity index (χ3v) is 4.39. The first-order chi connectivity index (χ1) is 6.84. The molecule has 0 bridgehead atoms. The third kappa shape index (κ3) is 1.33. The number of hydrogen-bond donors (Lipinski definition) is 0. The van der Waals surface area contributed by atoms with Crippen LogP contribution >= 0.6 is 15.9 Å². The lowest BCUT2D eigenvalue weighted by molar-refractivity contribution is 0.330. The molecule has 1 saturated carbocycles. The Hall–Kier alpha value is -0.300. The Bertz CT molecular complexity index is 356. The molecule has 1 fully saturated rings. The summed E-state index contributed by atoms with van der Waals surface area (Å²) in [5.41, 5.74) is 3.26. The second-order valence-electron chi connectivity index (χ2n) is 4.70. The van der Waals surface area contributed by atoms with Crippen molar-refractivity contribution in [1.82, 2.24) is 0 Å². The van der Waals surface area contributed by atoms with E-state index < -0.39 is 0 Å². The molecule has 1 aromatic rings. The minimum atomic E-state index is 0.895. The van der Waals surface area contributed by atoms with Crippen LogP contribution in [0.25, 0.3) is 0 Å². The van der Waals surface area contributed by atoms with Crippen LogP contribution in [0.15, 0.2) is 22.7 Å². The van der Waals surface area contributed by atoms with Crippen LogP contribution in [-0.2, 0) is 6.42 Å². The molecule has 0 saturated heterocycles. The molecule has 3 rings (SSSR count). The number of benzene rings is 1. The molecule has 2 atom stereocenters. The summed E-state index contributed by atoms with van der Waals surface area (Å²) in [6, 6.07) is 6.87. The van der Waals surface area contributed by atoms with Crippen molar-refractivity contribution >= 4 is 15.9 Å². The van der Waals surface area contributed by atoms with E-state index in [-0.39, 0.29) is 0 Å². The summed E-state index contributed by atoms with van der Waals surface area (Å²) in [5.74, 6) is 1.86. The van der Waals surface area contributed by atoms with Gasteiger partial charge in [0.25, 0.3) is 0 Å². The number of fused-ring (bicyclic) bond motifs is 3. The zero-order valence-corrected chi connectivity index (χ0v) is 9.89. The standard InChI is InChI=1S/C13H15Br/c14-11-5-6-13-10(8-11)7-9-3-1-2-4-12(9)13/h5-6,8-9,12H,1-4,7H2/t9-,12-/m1/s1. The zero-order chi connectivity index (χ0) is 9.54. The van der Waals surface area contributed by atoms with Crippen molar-refractivity contribution in [2.45, 2.75) is 38.0 Å². The van der Waals surface area contributed by atoms with Crippen molar-refractivity contribution < 1.29 is 0 Å². The van der Waals surface area contributed by atoms with Crippen LogP contribution in [0.5, 0.6) is 0 Å². The Morgan fingerprint density at radius 2 is 2.00 bits per heavy atom. The van der Waals surface area contributed by atoms with Gasteiger partial charge in [-0.05, 0) is 54.4 Å². The van der Waals surface area contributed by atoms with Gasteiger partial charge in [-0.15, -0.1) is 0 Å². The maximum absolute atomic E-state index is 3.56. The van der Waals surface area contributed by atoms with Gasteiger partial charge in [0.15, 0.2) is 0 Å². The summed E-state index contributed by atoms with van der Waals surface area (Å²) in [7, 11) is 0. The fourth-order valence-electron chi connectivity index (χ4n) is 3.26. The first-order valence-electron chi connectivity index (χ1n) is 5.63. The highest BCUT2D eigenvalue weighted by Gasteiger charge is 2.33. The van der Waals surface area contributed by atoms with Crippen molar-refractivity contribution in [2.75, 3.05) is 0 Å². The van der Waals surface area contributed by atoms with Gasteiger partial charge in [0.05, 0.1) is 0 Å². The van der Waals surface area contributed by atoms with E-state index in [0.29, 0.717) is 0 Å². The molecular weight excluding hydrogens is 236 g/mol. The smallest absolute Gasteiger partial charge is 0.0178 e. The van der Waals surface area contributed by atoms with E-state index in [1.54, 1.807) is 11.1 Å². The molecule has 0 radical (unpaired) electrons. The molecule has 1 heteroatoms. The average molecular weight is 251 g/mol. The molecule has 0 spiro atoms. The Balaban J connectivity index is 2.01. The summed E-state index contributed by atoms with van der Waals surface area (Å²) in [6.45, 7) is 0. The SMILES string of the molecule is Brc1ccc2c(c1)C[C@H]1CCCC[C@@H]21. The lowest BCUT2D eigenvalue weighted by atomic mass is 9.80. The number of halogens is 1. The summed E-state index contributed by atoms with van der Waals surface area (Å²) in [4.78, 5) is 0. The highest BCUT2D eigenvalue weighted by molar-refractivity contribution is 9.10. The van der Waals surface area contributed by atoms with E-state index in [1.807, 2.05) is 0 Å². The minimum Gasteiger partial charge on any atom is -0.0574 e. The fraction of sp³-hybridized carbons (Fsp3) is 0.538. The predicted octanol–water partition coefficient (Wildman–Crippen LogP) is 4.28. The monoisotopic (exact) mass is 250 g/mol. The largest absolute Gasteiger partial charge is 0.0574 e.